The number of hydrogen-bond acceptors (Lipinski definition) is 2. The van der Waals surface area contributed by atoms with E-state index in [0.717, 1.165) is 25.6 Å². The van der Waals surface area contributed by atoms with Gasteiger partial charge in [0.2, 0.25) is 0 Å². The molecule has 1 aromatic rings. The van der Waals surface area contributed by atoms with Crippen LogP contribution in [0.4, 0.5) is 0 Å². The molecule has 0 spiro atoms. The molecule has 1 aromatic carbocycles. The molecule has 0 amide bonds. The number of nitrogens with one attached hydrogen (secondary N) is 1. The lowest BCUT2D eigenvalue weighted by Gasteiger charge is -2.31. The Labute approximate surface area is 97.0 Å². The molecule has 2 aliphatic rings. The van der Waals surface area contributed by atoms with Crippen molar-refractivity contribution in [3.63, 3.8) is 0 Å². The van der Waals surface area contributed by atoms with Crippen molar-refractivity contribution in [1.82, 2.24) is 5.32 Å². The fourth-order valence-corrected chi connectivity index (χ4v) is 2.53. The van der Waals surface area contributed by atoms with Gasteiger partial charge in [0, 0.05) is 12.6 Å². The second-order valence-corrected chi connectivity index (χ2v) is 4.84. The zero-order valence-electron chi connectivity index (χ0n) is 9.61. The second kappa shape index (κ2) is 4.56. The lowest BCUT2D eigenvalue weighted by molar-refractivity contribution is 0.0386. The third kappa shape index (κ3) is 2.00. The predicted molar refractivity (Wildman–Crippen MR) is 64.5 cm³/mol. The summed E-state index contributed by atoms with van der Waals surface area (Å²) in [7, 11) is 0. The van der Waals surface area contributed by atoms with Crippen LogP contribution < -0.4 is 5.32 Å². The standard InChI is InChI=1S/C14H19NO/c1-2-7-13-11(4-1)8-9-16-14(13)10-15-12-5-3-6-12/h1-2,4,7,12,14-15H,3,5-6,8-10H2. The van der Waals surface area contributed by atoms with E-state index in [0.29, 0.717) is 0 Å². The molecule has 0 radical (unpaired) electrons. The van der Waals surface area contributed by atoms with Crippen LogP contribution in [0.5, 0.6) is 0 Å². The van der Waals surface area contributed by atoms with E-state index in [1.165, 1.54) is 30.4 Å². The summed E-state index contributed by atoms with van der Waals surface area (Å²) >= 11 is 0. The molecule has 1 N–H and O–H groups in total. The molecule has 1 aliphatic carbocycles. The van der Waals surface area contributed by atoms with Crippen LogP contribution in [0.25, 0.3) is 0 Å². The molecule has 1 saturated carbocycles. The van der Waals surface area contributed by atoms with Gasteiger partial charge in [0.25, 0.3) is 0 Å². The van der Waals surface area contributed by atoms with E-state index in [-0.39, 0.29) is 6.10 Å². The average Bonchev–Trinajstić information content (AvgIpc) is 2.27. The smallest absolute Gasteiger partial charge is 0.0952 e. The number of benzene rings is 1. The first-order valence-electron chi connectivity index (χ1n) is 6.36. The third-order valence-electron chi connectivity index (χ3n) is 3.79. The van der Waals surface area contributed by atoms with Gasteiger partial charge in [-0.2, -0.15) is 0 Å². The van der Waals surface area contributed by atoms with E-state index >= 15 is 0 Å². The van der Waals surface area contributed by atoms with E-state index in [4.69, 9.17) is 4.74 Å². The van der Waals surface area contributed by atoms with Crippen LogP contribution in [0.15, 0.2) is 24.3 Å². The first kappa shape index (κ1) is 10.3. The summed E-state index contributed by atoms with van der Waals surface area (Å²) in [5.74, 6) is 0. The van der Waals surface area contributed by atoms with E-state index in [1.54, 1.807) is 0 Å². The molecule has 0 aromatic heterocycles. The van der Waals surface area contributed by atoms with E-state index in [9.17, 15) is 0 Å². The molecular formula is C14H19NO. The minimum absolute atomic E-state index is 0.269. The Morgan fingerprint density at radius 1 is 1.25 bits per heavy atom. The van der Waals surface area contributed by atoms with Crippen LogP contribution in [0.1, 0.15) is 36.5 Å². The van der Waals surface area contributed by atoms with Crippen LogP contribution in [0.3, 0.4) is 0 Å². The molecule has 1 unspecified atom stereocenters. The maximum absolute atomic E-state index is 5.86. The van der Waals surface area contributed by atoms with Crippen molar-refractivity contribution in [2.75, 3.05) is 13.2 Å². The van der Waals surface area contributed by atoms with Crippen LogP contribution in [-0.4, -0.2) is 19.2 Å². The van der Waals surface area contributed by atoms with Crippen LogP contribution >= 0.6 is 0 Å². The largest absolute Gasteiger partial charge is 0.372 e. The zero-order chi connectivity index (χ0) is 10.8. The average molecular weight is 217 g/mol. The van der Waals surface area contributed by atoms with Gasteiger partial charge in [-0.3, -0.25) is 0 Å². The summed E-state index contributed by atoms with van der Waals surface area (Å²) in [6.45, 7) is 1.84. The van der Waals surface area contributed by atoms with Gasteiger partial charge in [-0.25, -0.2) is 0 Å². The number of fused-ring (bicyclic) bond motifs is 1. The van der Waals surface area contributed by atoms with Crippen molar-refractivity contribution >= 4 is 0 Å². The Morgan fingerprint density at radius 3 is 2.94 bits per heavy atom. The van der Waals surface area contributed by atoms with Crippen LogP contribution in [0.2, 0.25) is 0 Å². The monoisotopic (exact) mass is 217 g/mol. The summed E-state index contributed by atoms with van der Waals surface area (Å²) in [6.07, 6.45) is 5.41. The Hall–Kier alpha value is -0.860. The van der Waals surface area contributed by atoms with Gasteiger partial charge in [0.15, 0.2) is 0 Å². The molecule has 1 atom stereocenters. The molecule has 86 valence electrons. The molecule has 1 heterocycles. The Bertz CT molecular complexity index is 360. The highest BCUT2D eigenvalue weighted by atomic mass is 16.5. The lowest BCUT2D eigenvalue weighted by Crippen LogP contribution is -2.39. The van der Waals surface area contributed by atoms with Gasteiger partial charge in [-0.1, -0.05) is 30.7 Å². The zero-order valence-corrected chi connectivity index (χ0v) is 9.61. The number of rotatable bonds is 3. The number of ether oxygens (including phenoxy) is 1. The third-order valence-corrected chi connectivity index (χ3v) is 3.79. The van der Waals surface area contributed by atoms with Gasteiger partial charge in [0.1, 0.15) is 0 Å². The van der Waals surface area contributed by atoms with Crippen molar-refractivity contribution in [2.45, 2.75) is 37.8 Å². The topological polar surface area (TPSA) is 21.3 Å². The maximum Gasteiger partial charge on any atom is 0.0952 e. The van der Waals surface area contributed by atoms with Crippen molar-refractivity contribution in [2.24, 2.45) is 0 Å². The van der Waals surface area contributed by atoms with Gasteiger partial charge in [-0.05, 0) is 30.4 Å². The van der Waals surface area contributed by atoms with Crippen LogP contribution in [-0.2, 0) is 11.2 Å². The first-order valence-corrected chi connectivity index (χ1v) is 6.36. The van der Waals surface area contributed by atoms with Gasteiger partial charge in [0.05, 0.1) is 12.7 Å². The van der Waals surface area contributed by atoms with E-state index < -0.39 is 0 Å². The van der Waals surface area contributed by atoms with Crippen molar-refractivity contribution in [3.8, 4) is 0 Å². The molecule has 0 saturated heterocycles. The molecule has 1 aliphatic heterocycles. The Morgan fingerprint density at radius 2 is 2.12 bits per heavy atom. The summed E-state index contributed by atoms with van der Waals surface area (Å²) < 4.78 is 5.86. The predicted octanol–water partition coefficient (Wildman–Crippen LogP) is 2.44. The molecular weight excluding hydrogens is 198 g/mol. The molecule has 2 nitrogen and oxygen atoms in total. The fraction of sp³-hybridized carbons (Fsp3) is 0.571. The van der Waals surface area contributed by atoms with Gasteiger partial charge >= 0.3 is 0 Å². The molecule has 1 fully saturated rings. The minimum atomic E-state index is 0.269. The molecule has 3 rings (SSSR count). The molecule has 2 heteroatoms. The Kier molecular flexibility index (Phi) is 2.94. The first-order chi connectivity index (χ1) is 7.93. The summed E-state index contributed by atoms with van der Waals surface area (Å²) in [4.78, 5) is 0. The second-order valence-electron chi connectivity index (χ2n) is 4.84. The highest BCUT2D eigenvalue weighted by Gasteiger charge is 2.23. The molecule has 16 heavy (non-hydrogen) atoms. The summed E-state index contributed by atoms with van der Waals surface area (Å²) in [5, 5.41) is 3.60. The van der Waals surface area contributed by atoms with Crippen LogP contribution in [0, 0.1) is 0 Å². The van der Waals surface area contributed by atoms with Crippen molar-refractivity contribution in [3.05, 3.63) is 35.4 Å². The van der Waals surface area contributed by atoms with Crippen molar-refractivity contribution in [1.29, 1.82) is 0 Å². The Balaban J connectivity index is 1.66. The van der Waals surface area contributed by atoms with E-state index in [2.05, 4.69) is 29.6 Å². The van der Waals surface area contributed by atoms with Gasteiger partial charge in [-0.15, -0.1) is 0 Å². The maximum atomic E-state index is 5.86. The highest BCUT2D eigenvalue weighted by molar-refractivity contribution is 5.31. The fourth-order valence-electron chi connectivity index (χ4n) is 2.53. The van der Waals surface area contributed by atoms with E-state index in [1.807, 2.05) is 0 Å². The SMILES string of the molecule is c1ccc2c(c1)CCOC2CNC1CCC1. The molecule has 0 bridgehead atoms. The van der Waals surface area contributed by atoms with Gasteiger partial charge < -0.3 is 10.1 Å². The lowest BCUT2D eigenvalue weighted by atomic mass is 9.92. The normalized spacial score (nSPS) is 24.9. The highest BCUT2D eigenvalue weighted by Crippen LogP contribution is 2.27. The summed E-state index contributed by atoms with van der Waals surface area (Å²) in [5.41, 5.74) is 2.86. The summed E-state index contributed by atoms with van der Waals surface area (Å²) in [6, 6.07) is 9.43. The quantitative estimate of drug-likeness (QED) is 0.839. The number of hydrogen-bond donors (Lipinski definition) is 1. The minimum Gasteiger partial charge on any atom is -0.372 e. The van der Waals surface area contributed by atoms with Crippen molar-refractivity contribution < 1.29 is 4.74 Å².